The van der Waals surface area contributed by atoms with Crippen molar-refractivity contribution >= 4 is 6.08 Å². The van der Waals surface area contributed by atoms with Crippen LogP contribution in [0.3, 0.4) is 0 Å². The van der Waals surface area contributed by atoms with Gasteiger partial charge in [-0.3, -0.25) is 4.68 Å². The predicted molar refractivity (Wildman–Crippen MR) is 78.7 cm³/mol. The molecule has 1 heterocycles. The maximum atomic E-state index is 4.59. The molecule has 0 spiro atoms. The van der Waals surface area contributed by atoms with Gasteiger partial charge in [-0.05, 0) is 20.4 Å². The van der Waals surface area contributed by atoms with Crippen LogP contribution in [0.5, 0.6) is 0 Å². The molecule has 0 aromatic carbocycles. The summed E-state index contributed by atoms with van der Waals surface area (Å²) in [5.74, 6) is 0. The van der Waals surface area contributed by atoms with Crippen molar-refractivity contribution in [1.82, 2.24) is 15.1 Å². The Morgan fingerprint density at radius 1 is 1.50 bits per heavy atom. The van der Waals surface area contributed by atoms with E-state index in [0.717, 1.165) is 12.2 Å². The highest BCUT2D eigenvalue weighted by Gasteiger charge is 2.21. The Kier molecular flexibility index (Phi) is 4.74. The van der Waals surface area contributed by atoms with E-state index < -0.39 is 0 Å². The number of aromatic nitrogens is 2. The van der Waals surface area contributed by atoms with Gasteiger partial charge in [0.2, 0.25) is 0 Å². The molecule has 1 atom stereocenters. The van der Waals surface area contributed by atoms with Gasteiger partial charge in [0.1, 0.15) is 0 Å². The summed E-state index contributed by atoms with van der Waals surface area (Å²) in [6, 6.07) is 0.406. The van der Waals surface area contributed by atoms with Crippen LogP contribution in [0.2, 0.25) is 0 Å². The smallest absolute Gasteiger partial charge is 0.0750 e. The molecule has 0 radical (unpaired) electrons. The van der Waals surface area contributed by atoms with Crippen LogP contribution in [0.15, 0.2) is 11.8 Å². The molecule has 3 nitrogen and oxygen atoms in total. The second kappa shape index (κ2) is 5.70. The zero-order chi connectivity index (χ0) is 13.9. The van der Waals surface area contributed by atoms with Gasteiger partial charge < -0.3 is 5.32 Å². The lowest BCUT2D eigenvalue weighted by Gasteiger charge is -2.17. The average Bonchev–Trinajstić information content (AvgIpc) is 2.59. The van der Waals surface area contributed by atoms with Crippen LogP contribution in [0.1, 0.15) is 52.8 Å². The third-order valence-corrected chi connectivity index (χ3v) is 3.14. The number of hydrogen-bond donors (Lipinski definition) is 1. The Balaban J connectivity index is 3.07. The van der Waals surface area contributed by atoms with Crippen LogP contribution in [-0.2, 0) is 12.5 Å². The molecule has 0 fully saturated rings. The van der Waals surface area contributed by atoms with Gasteiger partial charge in [0.25, 0.3) is 0 Å². The summed E-state index contributed by atoms with van der Waals surface area (Å²) in [5, 5.41) is 8.03. The molecule has 3 heteroatoms. The van der Waals surface area contributed by atoms with Crippen LogP contribution < -0.4 is 5.32 Å². The van der Waals surface area contributed by atoms with Gasteiger partial charge in [-0.15, -0.1) is 0 Å². The highest BCUT2D eigenvalue weighted by Crippen LogP contribution is 2.26. The van der Waals surface area contributed by atoms with Crippen LogP contribution in [0.4, 0.5) is 0 Å². The molecule has 0 aliphatic carbocycles. The number of rotatable bonds is 4. The minimum absolute atomic E-state index is 0.0782. The van der Waals surface area contributed by atoms with E-state index in [9.17, 15) is 0 Å². The summed E-state index contributed by atoms with van der Waals surface area (Å²) < 4.78 is 1.90. The average molecular weight is 249 g/mol. The number of nitrogens with zero attached hydrogens (tertiary/aromatic N) is 2. The van der Waals surface area contributed by atoms with E-state index in [1.54, 1.807) is 0 Å². The van der Waals surface area contributed by atoms with Crippen molar-refractivity contribution in [2.75, 3.05) is 6.54 Å². The van der Waals surface area contributed by atoms with Gasteiger partial charge in [0, 0.05) is 30.3 Å². The van der Waals surface area contributed by atoms with Crippen molar-refractivity contribution in [1.29, 1.82) is 0 Å². The summed E-state index contributed by atoms with van der Waals surface area (Å²) in [6.07, 6.45) is 4.35. The molecule has 0 amide bonds. The summed E-state index contributed by atoms with van der Waals surface area (Å²) in [5.41, 5.74) is 3.81. The summed E-state index contributed by atoms with van der Waals surface area (Å²) >= 11 is 0. The second-order valence-electron chi connectivity index (χ2n) is 6.02. The third-order valence-electron chi connectivity index (χ3n) is 3.14. The third kappa shape index (κ3) is 3.70. The Bertz CT molecular complexity index is 421. The molecule has 1 aromatic rings. The molecule has 1 aromatic heterocycles. The van der Waals surface area contributed by atoms with Crippen LogP contribution in [-0.4, -0.2) is 22.4 Å². The summed E-state index contributed by atoms with van der Waals surface area (Å²) in [6.45, 7) is 14.1. The van der Waals surface area contributed by atoms with E-state index in [1.807, 2.05) is 11.7 Å². The lowest BCUT2D eigenvalue weighted by atomic mass is 9.89. The molecule has 0 saturated heterocycles. The fraction of sp³-hybridized carbons (Fsp3) is 0.667. The summed E-state index contributed by atoms with van der Waals surface area (Å²) in [7, 11) is 1.98. The molecule has 0 saturated carbocycles. The van der Waals surface area contributed by atoms with Crippen molar-refractivity contribution in [2.24, 2.45) is 7.05 Å². The number of hydrogen-bond acceptors (Lipinski definition) is 2. The second-order valence-corrected chi connectivity index (χ2v) is 6.02. The van der Waals surface area contributed by atoms with Crippen LogP contribution in [0, 0.1) is 0 Å². The van der Waals surface area contributed by atoms with E-state index in [1.165, 1.54) is 11.1 Å². The number of nitrogens with one attached hydrogen (secondary N) is 1. The molecule has 1 unspecified atom stereocenters. The van der Waals surface area contributed by atoms with Gasteiger partial charge in [-0.25, -0.2) is 0 Å². The summed E-state index contributed by atoms with van der Waals surface area (Å²) in [4.78, 5) is 0. The largest absolute Gasteiger partial charge is 0.311 e. The lowest BCUT2D eigenvalue weighted by Crippen LogP contribution is -2.26. The Morgan fingerprint density at radius 2 is 2.11 bits per heavy atom. The predicted octanol–water partition coefficient (Wildman–Crippen LogP) is 3.12. The number of likely N-dealkylation sites (N-methyl/N-ethyl adjacent to an activating group) is 1. The molecule has 0 bridgehead atoms. The Morgan fingerprint density at radius 3 is 2.61 bits per heavy atom. The van der Waals surface area contributed by atoms with E-state index >= 15 is 0 Å². The van der Waals surface area contributed by atoms with Gasteiger partial charge >= 0.3 is 0 Å². The minimum Gasteiger partial charge on any atom is -0.311 e. The first-order chi connectivity index (χ1) is 8.25. The van der Waals surface area contributed by atoms with Crippen molar-refractivity contribution in [3.63, 3.8) is 0 Å². The molecule has 0 aliphatic heterocycles. The topological polar surface area (TPSA) is 29.9 Å². The quantitative estimate of drug-likeness (QED) is 0.888. The van der Waals surface area contributed by atoms with Gasteiger partial charge in [0.15, 0.2) is 0 Å². The van der Waals surface area contributed by atoms with Gasteiger partial charge in [-0.1, -0.05) is 39.3 Å². The molecule has 0 aliphatic rings. The highest BCUT2D eigenvalue weighted by molar-refractivity contribution is 5.56. The highest BCUT2D eigenvalue weighted by atomic mass is 15.3. The van der Waals surface area contributed by atoms with Crippen molar-refractivity contribution < 1.29 is 0 Å². The Labute approximate surface area is 111 Å². The van der Waals surface area contributed by atoms with Gasteiger partial charge in [-0.2, -0.15) is 5.10 Å². The first-order valence-corrected chi connectivity index (χ1v) is 6.71. The zero-order valence-corrected chi connectivity index (χ0v) is 12.8. The first-order valence-electron chi connectivity index (χ1n) is 6.71. The maximum absolute atomic E-state index is 4.59. The molecule has 102 valence electrons. The Hall–Kier alpha value is -1.09. The lowest BCUT2D eigenvalue weighted by molar-refractivity contribution is 0.552. The number of aryl methyl sites for hydroxylation is 1. The zero-order valence-electron chi connectivity index (χ0n) is 12.8. The first kappa shape index (κ1) is 15.0. The minimum atomic E-state index is 0.0782. The van der Waals surface area contributed by atoms with Crippen LogP contribution >= 0.6 is 0 Å². The molecular formula is C15H27N3. The SMILES string of the molecule is CCNC(C)C(C)=Cc1cn(C)nc1C(C)(C)C. The van der Waals surface area contributed by atoms with Crippen molar-refractivity contribution in [3.8, 4) is 0 Å². The molecule has 1 rings (SSSR count). The molecular weight excluding hydrogens is 222 g/mol. The van der Waals surface area contributed by atoms with Crippen LogP contribution in [0.25, 0.3) is 6.08 Å². The van der Waals surface area contributed by atoms with E-state index in [-0.39, 0.29) is 5.41 Å². The normalized spacial score (nSPS) is 14.9. The van der Waals surface area contributed by atoms with E-state index in [4.69, 9.17) is 0 Å². The fourth-order valence-electron chi connectivity index (χ4n) is 2.03. The van der Waals surface area contributed by atoms with Crippen molar-refractivity contribution in [3.05, 3.63) is 23.0 Å². The van der Waals surface area contributed by atoms with Crippen molar-refractivity contribution in [2.45, 2.75) is 53.0 Å². The van der Waals surface area contributed by atoms with E-state index in [2.05, 4.69) is 64.2 Å². The molecule has 18 heavy (non-hydrogen) atoms. The standard InChI is InChI=1S/C15H27N3/c1-8-16-12(3)11(2)9-13-10-18(7)17-14(13)15(4,5)6/h9-10,12,16H,8H2,1-7H3. The van der Waals surface area contributed by atoms with E-state index in [0.29, 0.717) is 6.04 Å². The van der Waals surface area contributed by atoms with Gasteiger partial charge in [0.05, 0.1) is 5.69 Å². The molecule has 1 N–H and O–H groups in total. The maximum Gasteiger partial charge on any atom is 0.0750 e. The monoisotopic (exact) mass is 249 g/mol. The fourth-order valence-corrected chi connectivity index (χ4v) is 2.03.